The first kappa shape index (κ1) is 11.4. The van der Waals surface area contributed by atoms with E-state index in [0.717, 1.165) is 22.4 Å². The smallest absolute Gasteiger partial charge is 0.192 e. The van der Waals surface area contributed by atoms with Crippen molar-refractivity contribution in [3.8, 4) is 17.3 Å². The molecule has 0 N–H and O–H groups in total. The van der Waals surface area contributed by atoms with Gasteiger partial charge in [0.1, 0.15) is 11.3 Å². The fraction of sp³-hybridized carbons (Fsp3) is 0.143. The number of aryl methyl sites for hydroxylation is 1. The Kier molecular flexibility index (Phi) is 2.69. The van der Waals surface area contributed by atoms with Crippen LogP contribution in [0, 0.1) is 18.3 Å². The molecule has 0 aliphatic rings. The third-order valence-corrected chi connectivity index (χ3v) is 2.73. The van der Waals surface area contributed by atoms with Gasteiger partial charge in [0.2, 0.25) is 0 Å². The minimum atomic E-state index is 0.207. The van der Waals surface area contributed by atoms with Crippen LogP contribution in [0.1, 0.15) is 11.7 Å². The van der Waals surface area contributed by atoms with Crippen LogP contribution in [0.15, 0.2) is 34.9 Å². The van der Waals surface area contributed by atoms with Gasteiger partial charge in [-0.3, -0.25) is 0 Å². The van der Waals surface area contributed by atoms with Crippen molar-refractivity contribution in [3.05, 3.63) is 42.2 Å². The Balaban J connectivity index is 2.08. The van der Waals surface area contributed by atoms with Gasteiger partial charge >= 0.3 is 0 Å². The van der Waals surface area contributed by atoms with Gasteiger partial charge in [0.05, 0.1) is 18.2 Å². The molecule has 0 radical (unpaired) electrons. The van der Waals surface area contributed by atoms with Crippen LogP contribution in [0.3, 0.4) is 0 Å². The maximum absolute atomic E-state index is 8.67. The molecule has 3 aromatic rings. The Bertz CT molecular complexity index is 785. The van der Waals surface area contributed by atoms with Crippen LogP contribution in [0.2, 0.25) is 0 Å². The van der Waals surface area contributed by atoms with Crippen LogP contribution in [0.5, 0.6) is 0 Å². The zero-order valence-corrected chi connectivity index (χ0v) is 10.3. The summed E-state index contributed by atoms with van der Waals surface area (Å²) in [4.78, 5) is 12.7. The second-order valence-electron chi connectivity index (χ2n) is 4.11. The summed E-state index contributed by atoms with van der Waals surface area (Å²) in [6.07, 6.45) is 1.87. The van der Waals surface area contributed by atoms with E-state index in [4.69, 9.17) is 9.68 Å². The highest BCUT2D eigenvalue weighted by molar-refractivity contribution is 5.79. The minimum Gasteiger partial charge on any atom is -0.441 e. The number of oxazole rings is 1. The van der Waals surface area contributed by atoms with Crippen molar-refractivity contribution in [2.24, 2.45) is 0 Å². The van der Waals surface area contributed by atoms with Gasteiger partial charge in [-0.25, -0.2) is 15.0 Å². The SMILES string of the molecule is Cc1nc2cc(-c3ccnc(CC#N)n3)ccc2o1. The molecular weight excluding hydrogens is 240 g/mol. The molecule has 0 bridgehead atoms. The molecule has 92 valence electrons. The van der Waals surface area contributed by atoms with Gasteiger partial charge in [-0.05, 0) is 24.3 Å². The summed E-state index contributed by atoms with van der Waals surface area (Å²) in [7, 11) is 0. The Hall–Kier alpha value is -2.74. The van der Waals surface area contributed by atoms with E-state index >= 15 is 0 Å². The molecule has 2 heterocycles. The van der Waals surface area contributed by atoms with E-state index in [-0.39, 0.29) is 6.42 Å². The predicted molar refractivity (Wildman–Crippen MR) is 69.1 cm³/mol. The minimum absolute atomic E-state index is 0.207. The predicted octanol–water partition coefficient (Wildman–Crippen LogP) is 2.66. The second kappa shape index (κ2) is 4.50. The highest BCUT2D eigenvalue weighted by Crippen LogP contribution is 2.23. The Morgan fingerprint density at radius 3 is 3.00 bits per heavy atom. The van der Waals surface area contributed by atoms with Crippen molar-refractivity contribution in [1.82, 2.24) is 15.0 Å². The van der Waals surface area contributed by atoms with Gasteiger partial charge in [-0.15, -0.1) is 0 Å². The number of nitrogens with zero attached hydrogens (tertiary/aromatic N) is 4. The lowest BCUT2D eigenvalue weighted by molar-refractivity contribution is 0.561. The van der Waals surface area contributed by atoms with E-state index in [1.54, 1.807) is 6.20 Å². The van der Waals surface area contributed by atoms with Crippen molar-refractivity contribution in [2.45, 2.75) is 13.3 Å². The Morgan fingerprint density at radius 1 is 1.26 bits per heavy atom. The van der Waals surface area contributed by atoms with Crippen LogP contribution in [-0.2, 0) is 6.42 Å². The lowest BCUT2D eigenvalue weighted by Crippen LogP contribution is -1.94. The molecule has 1 aromatic carbocycles. The lowest BCUT2D eigenvalue weighted by atomic mass is 10.1. The first-order valence-corrected chi connectivity index (χ1v) is 5.83. The average molecular weight is 250 g/mol. The number of rotatable bonds is 2. The summed E-state index contributed by atoms with van der Waals surface area (Å²) in [6.45, 7) is 1.81. The monoisotopic (exact) mass is 250 g/mol. The number of benzene rings is 1. The van der Waals surface area contributed by atoms with Crippen LogP contribution in [-0.4, -0.2) is 15.0 Å². The van der Waals surface area contributed by atoms with Gasteiger partial charge < -0.3 is 4.42 Å². The van der Waals surface area contributed by atoms with E-state index < -0.39 is 0 Å². The van der Waals surface area contributed by atoms with Crippen LogP contribution in [0.25, 0.3) is 22.4 Å². The zero-order chi connectivity index (χ0) is 13.2. The lowest BCUT2D eigenvalue weighted by Gasteiger charge is -2.01. The molecule has 0 saturated heterocycles. The second-order valence-corrected chi connectivity index (χ2v) is 4.11. The van der Waals surface area contributed by atoms with Gasteiger partial charge in [0.25, 0.3) is 0 Å². The van der Waals surface area contributed by atoms with Crippen molar-refractivity contribution >= 4 is 11.1 Å². The molecule has 0 amide bonds. The molecule has 0 saturated carbocycles. The van der Waals surface area contributed by atoms with Gasteiger partial charge in [-0.1, -0.05) is 0 Å². The highest BCUT2D eigenvalue weighted by atomic mass is 16.3. The molecule has 19 heavy (non-hydrogen) atoms. The maximum Gasteiger partial charge on any atom is 0.192 e. The Morgan fingerprint density at radius 2 is 2.16 bits per heavy atom. The molecule has 2 aromatic heterocycles. The topological polar surface area (TPSA) is 75.6 Å². The first-order chi connectivity index (χ1) is 9.26. The third kappa shape index (κ3) is 2.16. The van der Waals surface area contributed by atoms with Gasteiger partial charge in [0.15, 0.2) is 11.5 Å². The fourth-order valence-electron chi connectivity index (χ4n) is 1.92. The average Bonchev–Trinajstić information content (AvgIpc) is 2.78. The summed E-state index contributed by atoms with van der Waals surface area (Å²) in [5.41, 5.74) is 3.27. The maximum atomic E-state index is 8.67. The summed E-state index contributed by atoms with van der Waals surface area (Å²) in [5.74, 6) is 1.16. The number of aromatic nitrogens is 3. The van der Waals surface area contributed by atoms with Crippen molar-refractivity contribution in [1.29, 1.82) is 5.26 Å². The normalized spacial score (nSPS) is 10.5. The van der Waals surface area contributed by atoms with E-state index in [1.165, 1.54) is 0 Å². The van der Waals surface area contributed by atoms with E-state index in [1.807, 2.05) is 37.3 Å². The summed E-state index contributed by atoms with van der Waals surface area (Å²) < 4.78 is 5.43. The quantitative estimate of drug-likeness (QED) is 0.698. The van der Waals surface area contributed by atoms with Gasteiger partial charge in [0, 0.05) is 18.7 Å². The Labute approximate surface area is 109 Å². The van der Waals surface area contributed by atoms with E-state index in [9.17, 15) is 0 Å². The van der Waals surface area contributed by atoms with Gasteiger partial charge in [-0.2, -0.15) is 5.26 Å². The molecule has 3 rings (SSSR count). The molecule has 5 heteroatoms. The largest absolute Gasteiger partial charge is 0.441 e. The summed E-state index contributed by atoms with van der Waals surface area (Å²) in [6, 6.07) is 9.57. The molecule has 0 unspecified atom stereocenters. The van der Waals surface area contributed by atoms with Crippen LogP contribution in [0.4, 0.5) is 0 Å². The third-order valence-electron chi connectivity index (χ3n) is 2.73. The number of fused-ring (bicyclic) bond motifs is 1. The van der Waals surface area contributed by atoms with Crippen molar-refractivity contribution < 1.29 is 4.42 Å². The van der Waals surface area contributed by atoms with Crippen LogP contribution >= 0.6 is 0 Å². The van der Waals surface area contributed by atoms with E-state index in [0.29, 0.717) is 11.7 Å². The molecule has 0 fully saturated rings. The fourth-order valence-corrected chi connectivity index (χ4v) is 1.92. The highest BCUT2D eigenvalue weighted by Gasteiger charge is 2.06. The molecular formula is C14H10N4O. The van der Waals surface area contributed by atoms with Crippen molar-refractivity contribution in [2.75, 3.05) is 0 Å². The van der Waals surface area contributed by atoms with E-state index in [2.05, 4.69) is 15.0 Å². The zero-order valence-electron chi connectivity index (χ0n) is 10.3. The first-order valence-electron chi connectivity index (χ1n) is 5.83. The molecule has 0 aliphatic heterocycles. The van der Waals surface area contributed by atoms with Crippen LogP contribution < -0.4 is 0 Å². The number of hydrogen-bond acceptors (Lipinski definition) is 5. The standard InChI is InChI=1S/C14H10N4O/c1-9-17-12-8-10(2-3-13(12)19-9)11-5-7-16-14(18-11)4-6-15/h2-3,5,7-8H,4H2,1H3. The molecule has 5 nitrogen and oxygen atoms in total. The number of hydrogen-bond donors (Lipinski definition) is 0. The molecule has 0 spiro atoms. The molecule has 0 atom stereocenters. The number of nitriles is 1. The van der Waals surface area contributed by atoms with Crippen molar-refractivity contribution in [3.63, 3.8) is 0 Å². The molecule has 0 aliphatic carbocycles. The summed E-state index contributed by atoms with van der Waals surface area (Å²) in [5, 5.41) is 8.67. The summed E-state index contributed by atoms with van der Waals surface area (Å²) >= 11 is 0.